The zero-order valence-corrected chi connectivity index (χ0v) is 16.6. The number of rotatable bonds is 5. The van der Waals surface area contributed by atoms with Gasteiger partial charge in [0.05, 0.1) is 6.04 Å². The molecule has 1 aliphatic heterocycles. The second kappa shape index (κ2) is 8.78. The van der Waals surface area contributed by atoms with E-state index < -0.39 is 0 Å². The molecule has 0 radical (unpaired) electrons. The van der Waals surface area contributed by atoms with E-state index in [4.69, 9.17) is 11.6 Å². The van der Waals surface area contributed by atoms with Gasteiger partial charge in [0, 0.05) is 37.7 Å². The monoisotopic (exact) mass is 392 g/mol. The van der Waals surface area contributed by atoms with E-state index in [1.54, 1.807) is 12.1 Å². The van der Waals surface area contributed by atoms with Crippen LogP contribution in [0.5, 0.6) is 5.75 Å². The molecular weight excluding hydrogens is 368 g/mol. The van der Waals surface area contributed by atoms with E-state index in [9.17, 15) is 5.11 Å². The number of halogens is 1. The largest absolute Gasteiger partial charge is 0.508 e. The van der Waals surface area contributed by atoms with Gasteiger partial charge in [-0.1, -0.05) is 66.2 Å². The van der Waals surface area contributed by atoms with Gasteiger partial charge in [-0.05, 0) is 41.0 Å². The molecule has 28 heavy (non-hydrogen) atoms. The van der Waals surface area contributed by atoms with Crippen molar-refractivity contribution >= 4 is 11.6 Å². The Morgan fingerprint density at radius 1 is 0.750 bits per heavy atom. The highest BCUT2D eigenvalue weighted by atomic mass is 35.5. The van der Waals surface area contributed by atoms with Crippen LogP contribution in [0.25, 0.3) is 0 Å². The van der Waals surface area contributed by atoms with E-state index in [-0.39, 0.29) is 6.04 Å². The summed E-state index contributed by atoms with van der Waals surface area (Å²) in [5.41, 5.74) is 3.84. The number of benzene rings is 3. The normalized spacial score (nSPS) is 16.8. The zero-order chi connectivity index (χ0) is 19.3. The predicted molar refractivity (Wildman–Crippen MR) is 115 cm³/mol. The quantitative estimate of drug-likeness (QED) is 0.665. The van der Waals surface area contributed by atoms with Gasteiger partial charge in [0.25, 0.3) is 0 Å². The predicted octanol–water partition coefficient (Wildman–Crippen LogP) is 4.95. The Kier molecular flexibility index (Phi) is 5.96. The number of nitrogens with zero attached hydrogens (tertiary/aromatic N) is 2. The van der Waals surface area contributed by atoms with E-state index in [1.165, 1.54) is 16.7 Å². The van der Waals surface area contributed by atoms with E-state index in [0.717, 1.165) is 37.7 Å². The van der Waals surface area contributed by atoms with Crippen LogP contribution in [0.4, 0.5) is 0 Å². The van der Waals surface area contributed by atoms with Crippen LogP contribution in [0.1, 0.15) is 22.7 Å². The zero-order valence-electron chi connectivity index (χ0n) is 15.8. The Morgan fingerprint density at radius 3 is 2.00 bits per heavy atom. The van der Waals surface area contributed by atoms with E-state index in [0.29, 0.717) is 5.75 Å². The summed E-state index contributed by atoms with van der Waals surface area (Å²) in [6.07, 6.45) is 0. The van der Waals surface area contributed by atoms with Gasteiger partial charge in [0.2, 0.25) is 0 Å². The third kappa shape index (κ3) is 4.56. The number of aromatic hydroxyl groups is 1. The first-order valence-electron chi connectivity index (χ1n) is 9.74. The van der Waals surface area contributed by atoms with Gasteiger partial charge in [-0.3, -0.25) is 9.80 Å². The van der Waals surface area contributed by atoms with Crippen LogP contribution in [0.3, 0.4) is 0 Å². The molecule has 4 rings (SSSR count). The average molecular weight is 393 g/mol. The van der Waals surface area contributed by atoms with Crippen LogP contribution >= 0.6 is 11.6 Å². The van der Waals surface area contributed by atoms with Gasteiger partial charge in [0.15, 0.2) is 0 Å². The molecule has 0 bridgehead atoms. The third-order valence-electron chi connectivity index (χ3n) is 5.42. The fourth-order valence-corrected chi connectivity index (χ4v) is 4.06. The first kappa shape index (κ1) is 19.0. The fourth-order valence-electron chi connectivity index (χ4n) is 3.93. The lowest BCUT2D eigenvalue weighted by Crippen LogP contribution is -2.47. The van der Waals surface area contributed by atoms with Crippen LogP contribution in [0.15, 0.2) is 78.9 Å². The molecule has 0 aliphatic carbocycles. The summed E-state index contributed by atoms with van der Waals surface area (Å²) in [6.45, 7) is 5.00. The lowest BCUT2D eigenvalue weighted by molar-refractivity contribution is 0.105. The summed E-state index contributed by atoms with van der Waals surface area (Å²) in [6, 6.07) is 26.7. The van der Waals surface area contributed by atoms with Gasteiger partial charge in [-0.15, -0.1) is 0 Å². The minimum Gasteiger partial charge on any atom is -0.508 e. The Labute approximate surface area is 171 Å². The van der Waals surface area contributed by atoms with Crippen molar-refractivity contribution in [2.24, 2.45) is 0 Å². The summed E-state index contributed by atoms with van der Waals surface area (Å²) in [4.78, 5) is 5.04. The van der Waals surface area contributed by atoms with Crippen molar-refractivity contribution in [3.8, 4) is 5.75 Å². The molecule has 1 N–H and O–H groups in total. The van der Waals surface area contributed by atoms with Crippen molar-refractivity contribution in [3.63, 3.8) is 0 Å². The maximum atomic E-state index is 9.46. The van der Waals surface area contributed by atoms with Crippen molar-refractivity contribution < 1.29 is 5.11 Å². The topological polar surface area (TPSA) is 26.7 Å². The van der Waals surface area contributed by atoms with Crippen LogP contribution in [0, 0.1) is 0 Å². The summed E-state index contributed by atoms with van der Waals surface area (Å²) < 4.78 is 0. The van der Waals surface area contributed by atoms with Crippen molar-refractivity contribution in [3.05, 3.63) is 101 Å². The molecule has 1 fully saturated rings. The number of hydrogen-bond donors (Lipinski definition) is 1. The molecule has 0 saturated carbocycles. The number of phenolic OH excluding ortho intramolecular Hbond substituents is 1. The second-order valence-electron chi connectivity index (χ2n) is 7.34. The first-order valence-corrected chi connectivity index (χ1v) is 10.1. The highest BCUT2D eigenvalue weighted by Crippen LogP contribution is 2.30. The SMILES string of the molecule is Oc1ccc(CN2CCN(C(c3ccccc3)c3ccc(Cl)cc3)CC2)cc1. The highest BCUT2D eigenvalue weighted by Gasteiger charge is 2.26. The van der Waals surface area contributed by atoms with Gasteiger partial charge < -0.3 is 5.11 Å². The molecule has 1 heterocycles. The highest BCUT2D eigenvalue weighted by molar-refractivity contribution is 6.30. The Hall–Kier alpha value is -2.33. The third-order valence-corrected chi connectivity index (χ3v) is 5.67. The van der Waals surface area contributed by atoms with E-state index in [2.05, 4.69) is 52.3 Å². The van der Waals surface area contributed by atoms with Gasteiger partial charge in [-0.2, -0.15) is 0 Å². The molecule has 3 aromatic rings. The first-order chi connectivity index (χ1) is 13.7. The molecule has 1 atom stereocenters. The standard InChI is InChI=1S/C24H25ClN2O/c25-22-10-8-21(9-11-22)24(20-4-2-1-3-5-20)27-16-14-26(15-17-27)18-19-6-12-23(28)13-7-19/h1-13,24,28H,14-18H2. The van der Waals surface area contributed by atoms with Crippen LogP contribution in [-0.4, -0.2) is 41.1 Å². The Morgan fingerprint density at radius 2 is 1.36 bits per heavy atom. The molecular formula is C24H25ClN2O. The van der Waals surface area contributed by atoms with Gasteiger partial charge >= 0.3 is 0 Å². The molecule has 1 unspecified atom stereocenters. The molecule has 3 aromatic carbocycles. The molecule has 144 valence electrons. The van der Waals surface area contributed by atoms with Gasteiger partial charge in [-0.25, -0.2) is 0 Å². The maximum absolute atomic E-state index is 9.46. The molecule has 0 aromatic heterocycles. The molecule has 4 heteroatoms. The minimum absolute atomic E-state index is 0.245. The molecule has 0 amide bonds. The van der Waals surface area contributed by atoms with Crippen LogP contribution in [-0.2, 0) is 6.54 Å². The molecule has 0 spiro atoms. The van der Waals surface area contributed by atoms with Crippen LogP contribution < -0.4 is 0 Å². The molecule has 1 saturated heterocycles. The van der Waals surface area contributed by atoms with E-state index >= 15 is 0 Å². The number of hydrogen-bond acceptors (Lipinski definition) is 3. The lowest BCUT2D eigenvalue weighted by Gasteiger charge is -2.40. The van der Waals surface area contributed by atoms with Crippen molar-refractivity contribution in [2.75, 3.05) is 26.2 Å². The second-order valence-corrected chi connectivity index (χ2v) is 7.78. The maximum Gasteiger partial charge on any atom is 0.115 e. The molecule has 1 aliphatic rings. The Balaban J connectivity index is 1.48. The van der Waals surface area contributed by atoms with E-state index in [1.807, 2.05) is 24.3 Å². The van der Waals surface area contributed by atoms with Crippen molar-refractivity contribution in [1.29, 1.82) is 0 Å². The summed E-state index contributed by atoms with van der Waals surface area (Å²) >= 11 is 6.12. The number of phenols is 1. The Bertz CT molecular complexity index is 873. The van der Waals surface area contributed by atoms with Crippen molar-refractivity contribution in [2.45, 2.75) is 12.6 Å². The van der Waals surface area contributed by atoms with Crippen molar-refractivity contribution in [1.82, 2.24) is 9.80 Å². The minimum atomic E-state index is 0.245. The van der Waals surface area contributed by atoms with Crippen LogP contribution in [0.2, 0.25) is 5.02 Å². The molecule has 3 nitrogen and oxygen atoms in total. The summed E-state index contributed by atoms with van der Waals surface area (Å²) in [5, 5.41) is 10.2. The fraction of sp³-hybridized carbons (Fsp3) is 0.250. The summed E-state index contributed by atoms with van der Waals surface area (Å²) in [5.74, 6) is 0.322. The van der Waals surface area contributed by atoms with Gasteiger partial charge in [0.1, 0.15) is 5.75 Å². The average Bonchev–Trinajstić information content (AvgIpc) is 2.73. The summed E-state index contributed by atoms with van der Waals surface area (Å²) in [7, 11) is 0. The smallest absolute Gasteiger partial charge is 0.115 e. The number of piperazine rings is 1. The lowest BCUT2D eigenvalue weighted by atomic mass is 9.96.